The standard InChI is InChI=1S/C19H27N3O3/c23-18(16-3-1-15(2-4-16)13-19(24)25)14-21-9-11-22(12-10-21)17-5-7-20-8-6-17/h1-4,17,20H,5-14H2,(H,24,25). The lowest BCUT2D eigenvalue weighted by atomic mass is 10.0. The zero-order valence-electron chi connectivity index (χ0n) is 14.6. The third kappa shape index (κ3) is 5.11. The number of Topliss-reactive ketones (excluding diaryl/α,β-unsaturated/α-hetero) is 1. The van der Waals surface area contributed by atoms with Crippen molar-refractivity contribution in [1.82, 2.24) is 15.1 Å². The molecule has 2 aliphatic heterocycles. The highest BCUT2D eigenvalue weighted by atomic mass is 16.4. The molecule has 0 aromatic heterocycles. The normalized spacial score (nSPS) is 20.5. The van der Waals surface area contributed by atoms with Crippen LogP contribution in [-0.4, -0.2) is 78.5 Å². The minimum atomic E-state index is -0.856. The minimum Gasteiger partial charge on any atom is -0.481 e. The number of nitrogens with one attached hydrogen (secondary N) is 1. The molecule has 0 aliphatic carbocycles. The summed E-state index contributed by atoms with van der Waals surface area (Å²) in [5.74, 6) is -0.747. The smallest absolute Gasteiger partial charge is 0.307 e. The maximum absolute atomic E-state index is 12.4. The predicted octanol–water partition coefficient (Wildman–Crippen LogP) is 0.866. The second kappa shape index (κ2) is 8.56. The number of benzene rings is 1. The number of carbonyl (C=O) groups is 2. The van der Waals surface area contributed by atoms with E-state index in [-0.39, 0.29) is 12.2 Å². The van der Waals surface area contributed by atoms with Gasteiger partial charge in [-0.15, -0.1) is 0 Å². The second-order valence-corrected chi connectivity index (χ2v) is 6.98. The van der Waals surface area contributed by atoms with Gasteiger partial charge in [0.05, 0.1) is 13.0 Å². The van der Waals surface area contributed by atoms with Crippen molar-refractivity contribution in [1.29, 1.82) is 0 Å². The largest absolute Gasteiger partial charge is 0.481 e. The summed E-state index contributed by atoms with van der Waals surface area (Å²) in [5, 5.41) is 12.2. The van der Waals surface area contributed by atoms with Gasteiger partial charge in [0, 0.05) is 37.8 Å². The van der Waals surface area contributed by atoms with E-state index in [2.05, 4.69) is 15.1 Å². The third-order valence-corrected chi connectivity index (χ3v) is 5.23. The molecular weight excluding hydrogens is 318 g/mol. The summed E-state index contributed by atoms with van der Waals surface area (Å²) in [4.78, 5) is 28.0. The van der Waals surface area contributed by atoms with Crippen molar-refractivity contribution in [2.24, 2.45) is 0 Å². The molecule has 0 unspecified atom stereocenters. The van der Waals surface area contributed by atoms with Crippen LogP contribution in [0, 0.1) is 0 Å². The highest BCUT2D eigenvalue weighted by Gasteiger charge is 2.25. The van der Waals surface area contributed by atoms with Gasteiger partial charge in [-0.1, -0.05) is 24.3 Å². The van der Waals surface area contributed by atoms with Gasteiger partial charge < -0.3 is 10.4 Å². The Morgan fingerprint density at radius 1 is 1.04 bits per heavy atom. The maximum Gasteiger partial charge on any atom is 0.307 e. The summed E-state index contributed by atoms with van der Waals surface area (Å²) >= 11 is 0. The molecule has 2 saturated heterocycles. The number of hydrogen-bond acceptors (Lipinski definition) is 5. The predicted molar refractivity (Wildman–Crippen MR) is 96.0 cm³/mol. The first-order chi connectivity index (χ1) is 12.1. The first kappa shape index (κ1) is 18.0. The molecule has 2 aliphatic rings. The van der Waals surface area contributed by atoms with E-state index in [0.29, 0.717) is 18.2 Å². The van der Waals surface area contributed by atoms with E-state index in [9.17, 15) is 9.59 Å². The number of carbonyl (C=O) groups excluding carboxylic acids is 1. The molecule has 6 heteroatoms. The van der Waals surface area contributed by atoms with Crippen molar-refractivity contribution in [3.05, 3.63) is 35.4 Å². The third-order valence-electron chi connectivity index (χ3n) is 5.23. The van der Waals surface area contributed by atoms with Crippen LogP contribution in [0.3, 0.4) is 0 Å². The van der Waals surface area contributed by atoms with Gasteiger partial charge in [0.2, 0.25) is 0 Å². The molecule has 0 spiro atoms. The van der Waals surface area contributed by atoms with E-state index in [1.807, 2.05) is 0 Å². The first-order valence-corrected chi connectivity index (χ1v) is 9.13. The number of hydrogen-bond donors (Lipinski definition) is 2. The van der Waals surface area contributed by atoms with Crippen LogP contribution < -0.4 is 5.32 Å². The Hall–Kier alpha value is -1.76. The number of rotatable bonds is 6. The molecular formula is C19H27N3O3. The Morgan fingerprint density at radius 3 is 2.28 bits per heavy atom. The first-order valence-electron chi connectivity index (χ1n) is 9.13. The number of carboxylic acids is 1. The van der Waals surface area contributed by atoms with Gasteiger partial charge in [-0.3, -0.25) is 19.4 Å². The molecule has 25 heavy (non-hydrogen) atoms. The lowest BCUT2D eigenvalue weighted by Crippen LogP contribution is -2.53. The summed E-state index contributed by atoms with van der Waals surface area (Å²) < 4.78 is 0. The number of nitrogens with zero attached hydrogens (tertiary/aromatic N) is 2. The van der Waals surface area contributed by atoms with Crippen LogP contribution >= 0.6 is 0 Å². The van der Waals surface area contributed by atoms with Crippen LogP contribution in [0.1, 0.15) is 28.8 Å². The molecule has 2 heterocycles. The van der Waals surface area contributed by atoms with Crippen LogP contribution in [0.15, 0.2) is 24.3 Å². The Morgan fingerprint density at radius 2 is 1.68 bits per heavy atom. The summed E-state index contributed by atoms with van der Waals surface area (Å²) in [5.41, 5.74) is 1.38. The molecule has 0 saturated carbocycles. The Bertz CT molecular complexity index is 588. The van der Waals surface area contributed by atoms with Gasteiger partial charge in [0.1, 0.15) is 0 Å². The molecule has 0 atom stereocenters. The van der Waals surface area contributed by atoms with Gasteiger partial charge in [-0.2, -0.15) is 0 Å². The molecule has 0 radical (unpaired) electrons. The summed E-state index contributed by atoms with van der Waals surface area (Å²) in [6.45, 7) is 6.62. The topological polar surface area (TPSA) is 72.9 Å². The van der Waals surface area contributed by atoms with Crippen molar-refractivity contribution >= 4 is 11.8 Å². The molecule has 1 aromatic rings. The van der Waals surface area contributed by atoms with Gasteiger partial charge in [-0.25, -0.2) is 0 Å². The second-order valence-electron chi connectivity index (χ2n) is 6.98. The fourth-order valence-electron chi connectivity index (χ4n) is 3.74. The summed E-state index contributed by atoms with van der Waals surface area (Å²) in [6.07, 6.45) is 2.44. The van der Waals surface area contributed by atoms with E-state index in [4.69, 9.17) is 5.11 Å². The monoisotopic (exact) mass is 345 g/mol. The number of piperazine rings is 1. The van der Waals surface area contributed by atoms with Gasteiger partial charge >= 0.3 is 5.97 Å². The van der Waals surface area contributed by atoms with Crippen molar-refractivity contribution in [2.45, 2.75) is 25.3 Å². The molecule has 1 aromatic carbocycles. The van der Waals surface area contributed by atoms with E-state index >= 15 is 0 Å². The quantitative estimate of drug-likeness (QED) is 0.746. The van der Waals surface area contributed by atoms with Crippen LogP contribution in [-0.2, 0) is 11.2 Å². The summed E-state index contributed by atoms with van der Waals surface area (Å²) in [6, 6.07) is 7.64. The van der Waals surface area contributed by atoms with Crippen molar-refractivity contribution in [2.75, 3.05) is 45.8 Å². The van der Waals surface area contributed by atoms with Crippen molar-refractivity contribution in [3.63, 3.8) is 0 Å². The molecule has 0 bridgehead atoms. The average molecular weight is 345 g/mol. The molecule has 2 N–H and O–H groups in total. The zero-order valence-corrected chi connectivity index (χ0v) is 14.6. The van der Waals surface area contributed by atoms with E-state index in [1.165, 1.54) is 12.8 Å². The van der Waals surface area contributed by atoms with Crippen LogP contribution in [0.2, 0.25) is 0 Å². The lowest BCUT2D eigenvalue weighted by Gasteiger charge is -2.40. The summed E-state index contributed by atoms with van der Waals surface area (Å²) in [7, 11) is 0. The van der Waals surface area contributed by atoms with Gasteiger partial charge in [-0.05, 0) is 31.5 Å². The van der Waals surface area contributed by atoms with E-state index in [1.54, 1.807) is 24.3 Å². The Kier molecular flexibility index (Phi) is 6.18. The highest BCUT2D eigenvalue weighted by molar-refractivity contribution is 5.97. The molecule has 2 fully saturated rings. The molecule has 3 rings (SSSR count). The SMILES string of the molecule is O=C(O)Cc1ccc(C(=O)CN2CCN(C3CCNCC3)CC2)cc1. The zero-order chi connectivity index (χ0) is 17.6. The van der Waals surface area contributed by atoms with E-state index < -0.39 is 5.97 Å². The van der Waals surface area contributed by atoms with Crippen LogP contribution in [0.25, 0.3) is 0 Å². The van der Waals surface area contributed by atoms with Crippen LogP contribution in [0.4, 0.5) is 0 Å². The van der Waals surface area contributed by atoms with Gasteiger partial charge in [0.15, 0.2) is 5.78 Å². The number of piperidine rings is 1. The Balaban J connectivity index is 1.46. The minimum absolute atomic E-state index is 0.00683. The number of carboxylic acid groups (broad SMARTS) is 1. The molecule has 6 nitrogen and oxygen atoms in total. The molecule has 136 valence electrons. The Labute approximate surface area is 148 Å². The fraction of sp³-hybridized carbons (Fsp3) is 0.579. The molecule has 0 amide bonds. The number of aliphatic carboxylic acids is 1. The fourth-order valence-corrected chi connectivity index (χ4v) is 3.74. The highest BCUT2D eigenvalue weighted by Crippen LogP contribution is 2.15. The number of ketones is 1. The van der Waals surface area contributed by atoms with Gasteiger partial charge in [0.25, 0.3) is 0 Å². The van der Waals surface area contributed by atoms with Crippen LogP contribution in [0.5, 0.6) is 0 Å². The van der Waals surface area contributed by atoms with E-state index in [0.717, 1.165) is 44.8 Å². The lowest BCUT2D eigenvalue weighted by molar-refractivity contribution is -0.136. The maximum atomic E-state index is 12.4. The van der Waals surface area contributed by atoms with Crippen molar-refractivity contribution in [3.8, 4) is 0 Å². The average Bonchev–Trinajstić information content (AvgIpc) is 2.63. The van der Waals surface area contributed by atoms with Crippen molar-refractivity contribution < 1.29 is 14.7 Å².